The number of benzene rings is 1. The van der Waals surface area contributed by atoms with Crippen LogP contribution in [0.3, 0.4) is 0 Å². The Bertz CT molecular complexity index is 299. The van der Waals surface area contributed by atoms with E-state index in [-0.39, 0.29) is 12.0 Å². The summed E-state index contributed by atoms with van der Waals surface area (Å²) in [5, 5.41) is 2.77. The van der Waals surface area contributed by atoms with E-state index in [4.69, 9.17) is 0 Å². The zero-order valence-electron chi connectivity index (χ0n) is 7.20. The van der Waals surface area contributed by atoms with Crippen molar-refractivity contribution in [1.82, 2.24) is 5.32 Å². The molecule has 13 heavy (non-hydrogen) atoms. The van der Waals surface area contributed by atoms with Gasteiger partial charge in [-0.3, -0.25) is 0 Å². The van der Waals surface area contributed by atoms with Crippen molar-refractivity contribution in [2.45, 2.75) is 6.42 Å². The van der Waals surface area contributed by atoms with Crippen LogP contribution in [-0.2, 0) is 6.42 Å². The van der Waals surface area contributed by atoms with Crippen molar-refractivity contribution in [2.24, 2.45) is 0 Å². The number of hydrogen-bond acceptors (Lipinski definition) is 1. The first-order valence-electron chi connectivity index (χ1n) is 3.93. The van der Waals surface area contributed by atoms with Crippen LogP contribution >= 0.6 is 0 Å². The highest BCUT2D eigenvalue weighted by molar-refractivity contribution is 5.20. The Labute approximate surface area is 74.6 Å². The molecule has 0 radical (unpaired) electrons. The first-order chi connectivity index (χ1) is 6.15. The fourth-order valence-corrected chi connectivity index (χ4v) is 1.05. The van der Waals surface area contributed by atoms with Crippen LogP contribution in [0.1, 0.15) is 5.56 Å². The molecular formula is C9H10F3N. The van der Waals surface area contributed by atoms with Gasteiger partial charge in [-0.15, -0.1) is 0 Å². The van der Waals surface area contributed by atoms with E-state index in [1.54, 1.807) is 7.05 Å². The Morgan fingerprint density at radius 3 is 2.54 bits per heavy atom. The van der Waals surface area contributed by atoms with Crippen LogP contribution < -0.4 is 5.32 Å². The molecule has 1 rings (SSSR count). The topological polar surface area (TPSA) is 12.0 Å². The lowest BCUT2D eigenvalue weighted by atomic mass is 10.1. The summed E-state index contributed by atoms with van der Waals surface area (Å²) in [4.78, 5) is 0. The molecule has 0 heterocycles. The van der Waals surface area contributed by atoms with Crippen LogP contribution in [-0.4, -0.2) is 13.6 Å². The normalized spacial score (nSPS) is 10.5. The molecule has 4 heteroatoms. The molecule has 1 aromatic rings. The standard InChI is InChI=1S/C9H10F3N/c1-13-3-2-6-4-7(10)5-8(11)9(6)12/h4-5,13H,2-3H2,1H3. The molecule has 72 valence electrons. The molecular weight excluding hydrogens is 179 g/mol. The summed E-state index contributed by atoms with van der Waals surface area (Å²) in [6, 6.07) is 1.55. The third kappa shape index (κ3) is 2.45. The summed E-state index contributed by atoms with van der Waals surface area (Å²) in [6.45, 7) is 0.486. The first-order valence-corrected chi connectivity index (χ1v) is 3.93. The van der Waals surface area contributed by atoms with Gasteiger partial charge in [0.05, 0.1) is 0 Å². The smallest absolute Gasteiger partial charge is 0.162 e. The van der Waals surface area contributed by atoms with Crippen molar-refractivity contribution in [1.29, 1.82) is 0 Å². The molecule has 0 saturated carbocycles. The van der Waals surface area contributed by atoms with Crippen LogP contribution in [0.2, 0.25) is 0 Å². The molecule has 0 bridgehead atoms. The Kier molecular flexibility index (Phi) is 3.31. The average Bonchev–Trinajstić information content (AvgIpc) is 2.09. The number of nitrogens with one attached hydrogen (secondary N) is 1. The molecule has 0 fully saturated rings. The van der Waals surface area contributed by atoms with Crippen LogP contribution in [0.15, 0.2) is 12.1 Å². The molecule has 1 N–H and O–H groups in total. The minimum atomic E-state index is -1.13. The number of rotatable bonds is 3. The predicted molar refractivity (Wildman–Crippen MR) is 43.9 cm³/mol. The molecule has 0 aliphatic rings. The maximum absolute atomic E-state index is 12.9. The Hall–Kier alpha value is -1.03. The Balaban J connectivity index is 2.92. The van der Waals surface area contributed by atoms with E-state index >= 15 is 0 Å². The molecule has 1 aromatic carbocycles. The average molecular weight is 189 g/mol. The summed E-state index contributed by atoms with van der Waals surface area (Å²) in [6.07, 6.45) is 0.275. The molecule has 0 atom stereocenters. The van der Waals surface area contributed by atoms with Gasteiger partial charge in [0, 0.05) is 6.07 Å². The van der Waals surface area contributed by atoms with E-state index in [9.17, 15) is 13.2 Å². The number of hydrogen-bond donors (Lipinski definition) is 1. The van der Waals surface area contributed by atoms with Crippen molar-refractivity contribution in [3.05, 3.63) is 35.1 Å². The molecule has 0 aliphatic heterocycles. The van der Waals surface area contributed by atoms with Gasteiger partial charge in [0.2, 0.25) is 0 Å². The van der Waals surface area contributed by atoms with Crippen molar-refractivity contribution in [3.63, 3.8) is 0 Å². The van der Waals surface area contributed by atoms with Gasteiger partial charge < -0.3 is 5.32 Å². The van der Waals surface area contributed by atoms with Gasteiger partial charge in [-0.1, -0.05) is 0 Å². The zero-order valence-corrected chi connectivity index (χ0v) is 7.20. The van der Waals surface area contributed by atoms with Gasteiger partial charge in [-0.25, -0.2) is 13.2 Å². The maximum atomic E-state index is 12.9. The predicted octanol–water partition coefficient (Wildman–Crippen LogP) is 1.87. The van der Waals surface area contributed by atoms with Gasteiger partial charge in [0.1, 0.15) is 5.82 Å². The molecule has 0 aromatic heterocycles. The second-order valence-electron chi connectivity index (χ2n) is 2.71. The van der Waals surface area contributed by atoms with Gasteiger partial charge in [-0.2, -0.15) is 0 Å². The molecule has 0 aliphatic carbocycles. The number of likely N-dealkylation sites (N-methyl/N-ethyl adjacent to an activating group) is 1. The third-order valence-corrected chi connectivity index (χ3v) is 1.71. The third-order valence-electron chi connectivity index (χ3n) is 1.71. The van der Waals surface area contributed by atoms with E-state index in [1.165, 1.54) is 0 Å². The summed E-state index contributed by atoms with van der Waals surface area (Å²) >= 11 is 0. The summed E-state index contributed by atoms with van der Waals surface area (Å²) in [7, 11) is 1.69. The Morgan fingerprint density at radius 2 is 1.92 bits per heavy atom. The van der Waals surface area contributed by atoms with Crippen LogP contribution in [0.5, 0.6) is 0 Å². The van der Waals surface area contributed by atoms with Gasteiger partial charge in [-0.05, 0) is 31.6 Å². The fraction of sp³-hybridized carbons (Fsp3) is 0.333. The highest BCUT2D eigenvalue weighted by atomic mass is 19.2. The van der Waals surface area contributed by atoms with Crippen molar-refractivity contribution in [2.75, 3.05) is 13.6 Å². The highest BCUT2D eigenvalue weighted by Gasteiger charge is 2.09. The quantitative estimate of drug-likeness (QED) is 0.716. The molecule has 0 amide bonds. The molecule has 0 spiro atoms. The van der Waals surface area contributed by atoms with Crippen LogP contribution in [0.25, 0.3) is 0 Å². The van der Waals surface area contributed by atoms with Gasteiger partial charge in [0.15, 0.2) is 11.6 Å². The van der Waals surface area contributed by atoms with Crippen molar-refractivity contribution < 1.29 is 13.2 Å². The zero-order chi connectivity index (χ0) is 9.84. The molecule has 0 saturated heterocycles. The number of halogens is 3. The van der Waals surface area contributed by atoms with Crippen LogP contribution in [0.4, 0.5) is 13.2 Å². The van der Waals surface area contributed by atoms with E-state index in [0.717, 1.165) is 6.07 Å². The van der Waals surface area contributed by atoms with Gasteiger partial charge >= 0.3 is 0 Å². The second-order valence-corrected chi connectivity index (χ2v) is 2.71. The Morgan fingerprint density at radius 1 is 1.23 bits per heavy atom. The maximum Gasteiger partial charge on any atom is 0.162 e. The largest absolute Gasteiger partial charge is 0.319 e. The lowest BCUT2D eigenvalue weighted by Crippen LogP contribution is -2.12. The van der Waals surface area contributed by atoms with Crippen molar-refractivity contribution in [3.8, 4) is 0 Å². The molecule has 1 nitrogen and oxygen atoms in total. The minimum absolute atomic E-state index is 0.0619. The fourth-order valence-electron chi connectivity index (χ4n) is 1.05. The molecule has 0 unspecified atom stereocenters. The lowest BCUT2D eigenvalue weighted by molar-refractivity contribution is 0.483. The SMILES string of the molecule is CNCCc1cc(F)cc(F)c1F. The van der Waals surface area contributed by atoms with E-state index in [0.29, 0.717) is 12.6 Å². The first kappa shape index (κ1) is 10.1. The minimum Gasteiger partial charge on any atom is -0.319 e. The summed E-state index contributed by atoms with van der Waals surface area (Å²) in [5.41, 5.74) is 0.0619. The highest BCUT2D eigenvalue weighted by Crippen LogP contribution is 2.14. The van der Waals surface area contributed by atoms with E-state index in [2.05, 4.69) is 5.32 Å². The van der Waals surface area contributed by atoms with Gasteiger partial charge in [0.25, 0.3) is 0 Å². The van der Waals surface area contributed by atoms with E-state index in [1.807, 2.05) is 0 Å². The summed E-state index contributed by atoms with van der Waals surface area (Å²) < 4.78 is 38.2. The second kappa shape index (κ2) is 4.28. The monoisotopic (exact) mass is 189 g/mol. The van der Waals surface area contributed by atoms with Crippen molar-refractivity contribution >= 4 is 0 Å². The summed E-state index contributed by atoms with van der Waals surface area (Å²) in [5.74, 6) is -2.84. The van der Waals surface area contributed by atoms with E-state index < -0.39 is 17.5 Å². The van der Waals surface area contributed by atoms with Crippen LogP contribution in [0, 0.1) is 17.5 Å². The lowest BCUT2D eigenvalue weighted by Gasteiger charge is -2.03.